The molecule has 1 aromatic heterocycles. The van der Waals surface area contributed by atoms with E-state index in [2.05, 4.69) is 15.6 Å². The second-order valence-corrected chi connectivity index (χ2v) is 7.41. The van der Waals surface area contributed by atoms with Gasteiger partial charge in [-0.3, -0.25) is 0 Å². The lowest BCUT2D eigenvalue weighted by atomic mass is 10.1. The summed E-state index contributed by atoms with van der Waals surface area (Å²) in [4.78, 5) is 16.5. The quantitative estimate of drug-likeness (QED) is 0.477. The number of thioether (sulfide) groups is 1. The molecule has 6 heteroatoms. The van der Waals surface area contributed by atoms with E-state index < -0.39 is 0 Å². The maximum atomic E-state index is 12.2. The van der Waals surface area contributed by atoms with Gasteiger partial charge in [-0.15, -0.1) is 11.8 Å². The topological polar surface area (TPSA) is 63.2 Å². The van der Waals surface area contributed by atoms with E-state index in [1.165, 1.54) is 0 Å². The highest BCUT2D eigenvalue weighted by Crippen LogP contribution is 2.22. The van der Waals surface area contributed by atoms with E-state index in [0.717, 1.165) is 33.2 Å². The van der Waals surface area contributed by atoms with Gasteiger partial charge in [0.1, 0.15) is 0 Å². The molecule has 2 N–H and O–H groups in total. The van der Waals surface area contributed by atoms with Crippen LogP contribution in [0.3, 0.4) is 0 Å². The summed E-state index contributed by atoms with van der Waals surface area (Å²) in [6.07, 6.45) is 1.79. The van der Waals surface area contributed by atoms with Gasteiger partial charge >= 0.3 is 6.03 Å². The lowest BCUT2D eigenvalue weighted by Gasteiger charge is -2.10. The monoisotopic (exact) mass is 407 g/mol. The van der Waals surface area contributed by atoms with Gasteiger partial charge in [-0.2, -0.15) is 0 Å². The summed E-state index contributed by atoms with van der Waals surface area (Å²) in [5.41, 5.74) is 4.07. The fourth-order valence-corrected chi connectivity index (χ4v) is 3.46. The Bertz CT molecular complexity index is 902. The molecule has 0 bridgehead atoms. The lowest BCUT2D eigenvalue weighted by molar-refractivity contribution is 0.134. The zero-order valence-electron chi connectivity index (χ0n) is 16.4. The average Bonchev–Trinajstić information content (AvgIpc) is 2.76. The summed E-state index contributed by atoms with van der Waals surface area (Å²) in [5.74, 6) is 0.794. The van der Waals surface area contributed by atoms with Crippen LogP contribution in [0.15, 0.2) is 78.0 Å². The summed E-state index contributed by atoms with van der Waals surface area (Å²) >= 11 is 1.67. The molecule has 0 radical (unpaired) electrons. The largest absolute Gasteiger partial charge is 0.377 e. The summed E-state index contributed by atoms with van der Waals surface area (Å²) in [6, 6.07) is 21.6. The van der Waals surface area contributed by atoms with Gasteiger partial charge in [0.2, 0.25) is 0 Å². The first-order valence-corrected chi connectivity index (χ1v) is 10.5. The minimum Gasteiger partial charge on any atom is -0.377 e. The van der Waals surface area contributed by atoms with Gasteiger partial charge in [-0.25, -0.2) is 9.78 Å². The van der Waals surface area contributed by atoms with Gasteiger partial charge in [-0.1, -0.05) is 42.5 Å². The first-order valence-electron chi connectivity index (χ1n) is 9.56. The van der Waals surface area contributed by atoms with Crippen molar-refractivity contribution in [2.24, 2.45) is 0 Å². The molecule has 0 saturated carbocycles. The third-order valence-electron chi connectivity index (χ3n) is 4.16. The number of benzene rings is 2. The summed E-state index contributed by atoms with van der Waals surface area (Å²) in [6.45, 7) is 3.76. The molecule has 0 aliphatic carbocycles. The van der Waals surface area contributed by atoms with Crippen LogP contribution in [0.2, 0.25) is 0 Å². The molecule has 5 nitrogen and oxygen atoms in total. The van der Waals surface area contributed by atoms with Crippen LogP contribution in [0, 0.1) is 0 Å². The van der Waals surface area contributed by atoms with E-state index in [9.17, 15) is 4.79 Å². The Labute approximate surface area is 175 Å². The molecule has 0 aliphatic rings. The molecular weight excluding hydrogens is 382 g/mol. The number of urea groups is 1. The van der Waals surface area contributed by atoms with Gasteiger partial charge in [-0.05, 0) is 47.9 Å². The van der Waals surface area contributed by atoms with E-state index in [4.69, 9.17) is 4.74 Å². The molecule has 150 valence electrons. The summed E-state index contributed by atoms with van der Waals surface area (Å²) < 4.78 is 5.39. The van der Waals surface area contributed by atoms with Crippen molar-refractivity contribution in [1.29, 1.82) is 0 Å². The Morgan fingerprint density at radius 1 is 1.00 bits per heavy atom. The number of nitrogens with zero attached hydrogens (tertiary/aromatic N) is 1. The van der Waals surface area contributed by atoms with Crippen LogP contribution in [0.25, 0.3) is 0 Å². The van der Waals surface area contributed by atoms with E-state index in [0.29, 0.717) is 19.8 Å². The predicted molar refractivity (Wildman–Crippen MR) is 118 cm³/mol. The van der Waals surface area contributed by atoms with Crippen LogP contribution in [0.1, 0.15) is 23.6 Å². The molecule has 0 spiro atoms. The standard InChI is InChI=1S/C23H25N3O2S/c1-2-28-16-19-11-9-18(10-12-19)15-25-23(27)26-21-7-5-6-20(14-21)17-29-22-8-3-4-13-24-22/h3-14H,2,15-17H2,1H3,(H2,25,26,27). The van der Waals surface area contributed by atoms with Crippen molar-refractivity contribution in [3.8, 4) is 0 Å². The van der Waals surface area contributed by atoms with Crippen molar-refractivity contribution in [3.63, 3.8) is 0 Å². The maximum absolute atomic E-state index is 12.2. The molecular formula is C23H25N3O2S. The van der Waals surface area contributed by atoms with Gasteiger partial charge in [0.25, 0.3) is 0 Å². The number of pyridine rings is 1. The maximum Gasteiger partial charge on any atom is 0.319 e. The zero-order chi connectivity index (χ0) is 20.3. The smallest absolute Gasteiger partial charge is 0.319 e. The van der Waals surface area contributed by atoms with E-state index >= 15 is 0 Å². The first-order chi connectivity index (χ1) is 14.2. The van der Waals surface area contributed by atoms with Crippen LogP contribution in [0.5, 0.6) is 0 Å². The third-order valence-corrected chi connectivity index (χ3v) is 5.17. The van der Waals surface area contributed by atoms with Crippen LogP contribution in [-0.2, 0) is 23.6 Å². The molecule has 0 aliphatic heterocycles. The number of anilines is 1. The van der Waals surface area contributed by atoms with Crippen LogP contribution in [0.4, 0.5) is 10.5 Å². The Morgan fingerprint density at radius 2 is 1.83 bits per heavy atom. The highest BCUT2D eigenvalue weighted by Gasteiger charge is 2.04. The highest BCUT2D eigenvalue weighted by atomic mass is 32.2. The number of hydrogen-bond acceptors (Lipinski definition) is 4. The Balaban J connectivity index is 1.46. The molecule has 1 heterocycles. The average molecular weight is 408 g/mol. The third kappa shape index (κ3) is 7.25. The number of amides is 2. The number of ether oxygens (including phenoxy) is 1. The minimum absolute atomic E-state index is 0.224. The van der Waals surface area contributed by atoms with Crippen LogP contribution < -0.4 is 10.6 Å². The molecule has 0 saturated heterocycles. The molecule has 2 amide bonds. The SMILES string of the molecule is CCOCc1ccc(CNC(=O)Nc2cccc(CSc3ccccn3)c2)cc1. The Hall–Kier alpha value is -2.83. The van der Waals surface area contributed by atoms with Gasteiger partial charge in [0, 0.05) is 30.8 Å². The number of carbonyl (C=O) groups is 1. The van der Waals surface area contributed by atoms with Crippen molar-refractivity contribution in [1.82, 2.24) is 10.3 Å². The number of rotatable bonds is 9. The van der Waals surface area contributed by atoms with Crippen molar-refractivity contribution >= 4 is 23.5 Å². The number of aromatic nitrogens is 1. The Morgan fingerprint density at radius 3 is 2.59 bits per heavy atom. The van der Waals surface area contributed by atoms with E-state index in [1.807, 2.05) is 73.7 Å². The summed E-state index contributed by atoms with van der Waals surface area (Å²) in [5, 5.41) is 6.77. The second-order valence-electron chi connectivity index (χ2n) is 6.42. The zero-order valence-corrected chi connectivity index (χ0v) is 17.2. The van der Waals surface area contributed by atoms with Crippen molar-refractivity contribution in [2.45, 2.75) is 30.9 Å². The van der Waals surface area contributed by atoms with Crippen LogP contribution in [-0.4, -0.2) is 17.6 Å². The normalized spacial score (nSPS) is 10.5. The minimum atomic E-state index is -0.224. The van der Waals surface area contributed by atoms with Crippen molar-refractivity contribution in [2.75, 3.05) is 11.9 Å². The molecule has 29 heavy (non-hydrogen) atoms. The molecule has 2 aromatic carbocycles. The molecule has 0 atom stereocenters. The lowest BCUT2D eigenvalue weighted by Crippen LogP contribution is -2.28. The molecule has 0 unspecified atom stereocenters. The number of nitrogens with one attached hydrogen (secondary N) is 2. The summed E-state index contributed by atoms with van der Waals surface area (Å²) in [7, 11) is 0. The number of hydrogen-bond donors (Lipinski definition) is 2. The van der Waals surface area contributed by atoms with Gasteiger partial charge in [0.05, 0.1) is 11.6 Å². The molecule has 3 aromatic rings. The predicted octanol–water partition coefficient (Wildman–Crippen LogP) is 5.23. The number of carbonyl (C=O) groups excluding carboxylic acids is 1. The van der Waals surface area contributed by atoms with Gasteiger partial charge in [0.15, 0.2) is 0 Å². The van der Waals surface area contributed by atoms with E-state index in [-0.39, 0.29) is 6.03 Å². The Kier molecular flexibility index (Phi) is 8.10. The fraction of sp³-hybridized carbons (Fsp3) is 0.217. The van der Waals surface area contributed by atoms with Gasteiger partial charge < -0.3 is 15.4 Å². The van der Waals surface area contributed by atoms with Crippen molar-refractivity contribution < 1.29 is 9.53 Å². The fourth-order valence-electron chi connectivity index (χ4n) is 2.66. The van der Waals surface area contributed by atoms with E-state index in [1.54, 1.807) is 18.0 Å². The highest BCUT2D eigenvalue weighted by molar-refractivity contribution is 7.98. The second kappa shape index (κ2) is 11.2. The van der Waals surface area contributed by atoms with Crippen LogP contribution >= 0.6 is 11.8 Å². The molecule has 0 fully saturated rings. The van der Waals surface area contributed by atoms with Crippen molar-refractivity contribution in [3.05, 3.63) is 89.6 Å². The first kappa shape index (κ1) is 20.9. The molecule has 3 rings (SSSR count).